The van der Waals surface area contributed by atoms with Crippen molar-refractivity contribution in [1.29, 1.82) is 0 Å². The van der Waals surface area contributed by atoms with Gasteiger partial charge in [0.05, 0.1) is 34.3 Å². The van der Waals surface area contributed by atoms with Crippen LogP contribution in [-0.4, -0.2) is 58.6 Å². The molecule has 1 saturated heterocycles. The second-order valence-corrected chi connectivity index (χ2v) is 10.5. The summed E-state index contributed by atoms with van der Waals surface area (Å²) >= 11 is 1.61. The molecule has 0 bridgehead atoms. The van der Waals surface area contributed by atoms with E-state index in [0.717, 1.165) is 21.7 Å². The van der Waals surface area contributed by atoms with Crippen molar-refractivity contribution in [3.8, 4) is 10.4 Å². The Kier molecular flexibility index (Phi) is 7.37. The van der Waals surface area contributed by atoms with Crippen LogP contribution in [0.15, 0.2) is 29.8 Å². The number of hydrogen-bond donors (Lipinski definition) is 3. The molecular formula is C24H34N4O3S. The van der Waals surface area contributed by atoms with Crippen LogP contribution in [0.2, 0.25) is 0 Å². The van der Waals surface area contributed by atoms with E-state index >= 15 is 0 Å². The van der Waals surface area contributed by atoms with Gasteiger partial charge < -0.3 is 20.6 Å². The van der Waals surface area contributed by atoms with Crippen molar-refractivity contribution < 1.29 is 14.7 Å². The van der Waals surface area contributed by atoms with Gasteiger partial charge in [-0.1, -0.05) is 45.0 Å². The van der Waals surface area contributed by atoms with E-state index in [1.54, 1.807) is 18.4 Å². The van der Waals surface area contributed by atoms with Gasteiger partial charge in [0.1, 0.15) is 6.04 Å². The number of aliphatic hydroxyl groups excluding tert-OH is 1. The van der Waals surface area contributed by atoms with Gasteiger partial charge in [0.25, 0.3) is 0 Å². The number of thiazole rings is 1. The molecule has 1 aromatic carbocycles. The summed E-state index contributed by atoms with van der Waals surface area (Å²) in [4.78, 5) is 33.3. The molecule has 0 saturated carbocycles. The molecule has 0 unspecified atom stereocenters. The number of aliphatic hydroxyl groups is 1. The first-order valence-corrected chi connectivity index (χ1v) is 11.9. The van der Waals surface area contributed by atoms with E-state index in [1.165, 1.54) is 4.90 Å². The molecule has 7 nitrogen and oxygen atoms in total. The average Bonchev–Trinajstić information content (AvgIpc) is 3.33. The maximum Gasteiger partial charge on any atom is 0.243 e. The van der Waals surface area contributed by atoms with Gasteiger partial charge in [0, 0.05) is 13.0 Å². The summed E-state index contributed by atoms with van der Waals surface area (Å²) in [6, 6.07) is 6.73. The lowest BCUT2D eigenvalue weighted by Crippen LogP contribution is -2.56. The average molecular weight is 459 g/mol. The number of nitrogens with one attached hydrogen (secondary N) is 2. The number of benzene rings is 1. The lowest BCUT2D eigenvalue weighted by atomic mass is 9.86. The number of likely N-dealkylation sites (tertiary alicyclic amines) is 1. The van der Waals surface area contributed by atoms with E-state index in [9.17, 15) is 14.7 Å². The van der Waals surface area contributed by atoms with Crippen molar-refractivity contribution in [2.45, 2.75) is 65.3 Å². The predicted molar refractivity (Wildman–Crippen MR) is 127 cm³/mol. The minimum atomic E-state index is -0.704. The molecule has 1 aliphatic rings. The first kappa shape index (κ1) is 24.4. The van der Waals surface area contributed by atoms with E-state index < -0.39 is 18.2 Å². The molecule has 8 heteroatoms. The summed E-state index contributed by atoms with van der Waals surface area (Å²) in [5.74, 6) is -0.401. The number of aromatic nitrogens is 1. The molecule has 174 valence electrons. The number of β-amino-alcohol motifs (C(OH)–C–C–N with tert-alkyl or cyclic N) is 1. The highest BCUT2D eigenvalue weighted by atomic mass is 32.1. The SMILES string of the molecule is CN[C@@H](C(=O)N1C[C@H](O)C[C@H]1C(=O)N[C@@H](C)c1ccc(-c2scnc2C)cc1)C(C)(C)C. The molecule has 32 heavy (non-hydrogen) atoms. The Labute approximate surface area is 194 Å². The van der Waals surface area contributed by atoms with Crippen LogP contribution in [0.5, 0.6) is 0 Å². The summed E-state index contributed by atoms with van der Waals surface area (Å²) in [6.45, 7) is 10.0. The second kappa shape index (κ2) is 9.68. The third-order valence-corrected chi connectivity index (χ3v) is 7.02. The molecule has 0 spiro atoms. The standard InChI is InChI=1S/C24H34N4O3S/c1-14(16-7-9-17(10-8-16)20-15(2)26-13-32-20)27-22(30)19-11-18(29)12-28(19)23(31)21(25-6)24(3,4)5/h7-10,13-14,18-19,21,25,29H,11-12H2,1-6H3,(H,27,30)/t14-,18+,19-,21-/m0/s1. The third-order valence-electron chi connectivity index (χ3n) is 6.04. The van der Waals surface area contributed by atoms with Gasteiger partial charge in [-0.15, -0.1) is 11.3 Å². The van der Waals surface area contributed by atoms with Crippen molar-refractivity contribution in [1.82, 2.24) is 20.5 Å². The molecule has 3 rings (SSSR count). The quantitative estimate of drug-likeness (QED) is 0.619. The first-order chi connectivity index (χ1) is 15.0. The third kappa shape index (κ3) is 5.19. The Bertz CT molecular complexity index is 951. The van der Waals surface area contributed by atoms with Crippen LogP contribution in [-0.2, 0) is 9.59 Å². The van der Waals surface area contributed by atoms with Crippen LogP contribution in [0, 0.1) is 12.3 Å². The number of rotatable bonds is 6. The fourth-order valence-corrected chi connectivity index (χ4v) is 5.11. The lowest BCUT2D eigenvalue weighted by molar-refractivity contribution is -0.142. The van der Waals surface area contributed by atoms with E-state index in [4.69, 9.17) is 0 Å². The van der Waals surface area contributed by atoms with Crippen LogP contribution in [0.4, 0.5) is 0 Å². The van der Waals surface area contributed by atoms with Gasteiger partial charge in [-0.05, 0) is 37.4 Å². The van der Waals surface area contributed by atoms with Crippen LogP contribution in [0.1, 0.15) is 51.4 Å². The molecule has 1 fully saturated rings. The number of aryl methyl sites for hydroxylation is 1. The van der Waals surface area contributed by atoms with Crippen molar-refractivity contribution >= 4 is 23.2 Å². The highest BCUT2D eigenvalue weighted by molar-refractivity contribution is 7.13. The van der Waals surface area contributed by atoms with Crippen LogP contribution < -0.4 is 10.6 Å². The molecule has 1 aliphatic heterocycles. The van der Waals surface area contributed by atoms with Gasteiger partial charge in [-0.2, -0.15) is 0 Å². The highest BCUT2D eigenvalue weighted by Crippen LogP contribution is 2.29. The van der Waals surface area contributed by atoms with E-state index in [2.05, 4.69) is 15.6 Å². The minimum Gasteiger partial charge on any atom is -0.391 e. The monoisotopic (exact) mass is 458 g/mol. The van der Waals surface area contributed by atoms with Crippen molar-refractivity contribution in [2.75, 3.05) is 13.6 Å². The summed E-state index contributed by atoms with van der Waals surface area (Å²) < 4.78 is 0. The summed E-state index contributed by atoms with van der Waals surface area (Å²) in [5.41, 5.74) is 4.60. The largest absolute Gasteiger partial charge is 0.391 e. The van der Waals surface area contributed by atoms with Gasteiger partial charge in [-0.3, -0.25) is 9.59 Å². The van der Waals surface area contributed by atoms with Crippen LogP contribution in [0.25, 0.3) is 10.4 Å². The van der Waals surface area contributed by atoms with Crippen LogP contribution >= 0.6 is 11.3 Å². The van der Waals surface area contributed by atoms with Crippen LogP contribution in [0.3, 0.4) is 0 Å². The Hall–Kier alpha value is -2.29. The van der Waals surface area contributed by atoms with Gasteiger partial charge >= 0.3 is 0 Å². The van der Waals surface area contributed by atoms with E-state index in [0.29, 0.717) is 0 Å². The van der Waals surface area contributed by atoms with Crippen molar-refractivity contribution in [3.05, 3.63) is 41.0 Å². The molecule has 2 heterocycles. The first-order valence-electron chi connectivity index (χ1n) is 11.0. The Morgan fingerprint density at radius 3 is 2.44 bits per heavy atom. The Morgan fingerprint density at radius 2 is 1.91 bits per heavy atom. The van der Waals surface area contributed by atoms with E-state index in [-0.39, 0.29) is 36.2 Å². The predicted octanol–water partition coefficient (Wildman–Crippen LogP) is 2.89. The smallest absolute Gasteiger partial charge is 0.243 e. The number of carbonyl (C=O) groups is 2. The number of hydrogen-bond acceptors (Lipinski definition) is 6. The highest BCUT2D eigenvalue weighted by Gasteiger charge is 2.43. The minimum absolute atomic E-state index is 0.159. The molecule has 0 aliphatic carbocycles. The van der Waals surface area contributed by atoms with Crippen molar-refractivity contribution in [2.24, 2.45) is 5.41 Å². The Morgan fingerprint density at radius 1 is 1.25 bits per heavy atom. The normalized spacial score (nSPS) is 20.8. The summed E-state index contributed by atoms with van der Waals surface area (Å²) in [5, 5.41) is 16.3. The summed E-state index contributed by atoms with van der Waals surface area (Å²) in [6.07, 6.45) is -0.460. The molecular weight excluding hydrogens is 424 g/mol. The topological polar surface area (TPSA) is 94.6 Å². The van der Waals surface area contributed by atoms with Gasteiger partial charge in [0.2, 0.25) is 11.8 Å². The molecule has 0 radical (unpaired) electrons. The maximum atomic E-state index is 13.2. The summed E-state index contributed by atoms with van der Waals surface area (Å²) in [7, 11) is 1.74. The maximum absolute atomic E-state index is 13.2. The Balaban J connectivity index is 1.70. The fourth-order valence-electron chi connectivity index (χ4n) is 4.29. The molecule has 3 N–H and O–H groups in total. The van der Waals surface area contributed by atoms with Crippen molar-refractivity contribution in [3.63, 3.8) is 0 Å². The molecule has 4 atom stereocenters. The van der Waals surface area contributed by atoms with Gasteiger partial charge in [0.15, 0.2) is 0 Å². The number of carbonyl (C=O) groups excluding carboxylic acids is 2. The number of likely N-dealkylation sites (N-methyl/N-ethyl adjacent to an activating group) is 1. The van der Waals surface area contributed by atoms with Gasteiger partial charge in [-0.25, -0.2) is 4.98 Å². The second-order valence-electron chi connectivity index (χ2n) is 9.60. The molecule has 1 aromatic heterocycles. The zero-order valence-electron chi connectivity index (χ0n) is 19.7. The number of amides is 2. The zero-order chi connectivity index (χ0) is 23.6. The zero-order valence-corrected chi connectivity index (χ0v) is 20.5. The lowest BCUT2D eigenvalue weighted by Gasteiger charge is -2.34. The molecule has 2 aromatic rings. The fraction of sp³-hybridized carbons (Fsp3) is 0.542. The van der Waals surface area contributed by atoms with E-state index in [1.807, 2.05) is 64.4 Å². The number of nitrogens with zero attached hydrogens (tertiary/aromatic N) is 2. The molecule has 2 amide bonds.